The molecule has 0 aliphatic heterocycles. The van der Waals surface area contributed by atoms with Gasteiger partial charge >= 0.3 is 0 Å². The summed E-state index contributed by atoms with van der Waals surface area (Å²) in [6.07, 6.45) is 9.17. The Morgan fingerprint density at radius 1 is 0.929 bits per heavy atom. The van der Waals surface area contributed by atoms with Crippen molar-refractivity contribution in [1.29, 1.82) is 0 Å². The SMILES string of the molecule is C=CCNCC(=O)CCC1[C@@H](C(C)C(C)C(=O)C(C)CCCc2ccccc2)CC(CCCc2cccc(C(C)(C)C)c2OC)C(=O)[C@@H]1Cc1ccc(O)cc1. The molecule has 5 unspecified atom stereocenters. The lowest BCUT2D eigenvalue weighted by Crippen LogP contribution is -2.46. The van der Waals surface area contributed by atoms with Gasteiger partial charge in [0.25, 0.3) is 0 Å². The van der Waals surface area contributed by atoms with Crippen LogP contribution >= 0.6 is 0 Å². The number of para-hydroxylation sites is 1. The van der Waals surface area contributed by atoms with Crippen molar-refractivity contribution >= 4 is 17.3 Å². The molecule has 2 N–H and O–H groups in total. The van der Waals surface area contributed by atoms with Gasteiger partial charge in [-0.3, -0.25) is 14.4 Å². The Kier molecular flexibility index (Phi) is 17.1. The van der Waals surface area contributed by atoms with Gasteiger partial charge in [-0.05, 0) is 115 Å². The van der Waals surface area contributed by atoms with Crippen molar-refractivity contribution < 1.29 is 24.2 Å². The number of carbonyl (C=O) groups excluding carboxylic acids is 3. The fourth-order valence-corrected chi connectivity index (χ4v) is 9.21. The van der Waals surface area contributed by atoms with E-state index in [-0.39, 0.29) is 70.7 Å². The lowest BCUT2D eigenvalue weighted by Gasteiger charge is -2.45. The molecule has 0 radical (unpaired) electrons. The molecule has 0 aromatic heterocycles. The van der Waals surface area contributed by atoms with Crippen LogP contribution in [0.4, 0.5) is 0 Å². The summed E-state index contributed by atoms with van der Waals surface area (Å²) >= 11 is 0. The number of phenolic OH excluding ortho intramolecular Hbond substituents is 1. The van der Waals surface area contributed by atoms with Crippen LogP contribution in [0, 0.1) is 41.4 Å². The quantitative estimate of drug-likeness (QED) is 0.0782. The largest absolute Gasteiger partial charge is 0.508 e. The van der Waals surface area contributed by atoms with Gasteiger partial charge in [0.15, 0.2) is 0 Å². The van der Waals surface area contributed by atoms with E-state index in [1.54, 1.807) is 25.3 Å². The first-order valence-corrected chi connectivity index (χ1v) is 21.1. The number of ketones is 3. The van der Waals surface area contributed by atoms with E-state index < -0.39 is 0 Å². The molecular weight excluding hydrogens is 695 g/mol. The second-order valence-electron chi connectivity index (χ2n) is 17.6. The standard InChI is InChI=1S/C50H69NO5/c1-9-30-51-33-42(53)28-29-43-44(35(3)36(4)47(54)34(2)16-13-19-37-17-11-10-12-18-37)32-40(48(55)45(43)31-38-24-26-41(52)27-25-38)22-14-20-39-21-15-23-46(49(39)56-8)50(5,6)7/h9-12,15,17-18,21,23-27,34-36,40,43-45,51-52H,1,13-14,16,19-20,22,28-33H2,2-8H3/t34?,35?,36?,40?,43?,44-,45-/m1/s1. The number of ether oxygens (including phenoxy) is 1. The zero-order valence-electron chi connectivity index (χ0n) is 35.3. The highest BCUT2D eigenvalue weighted by molar-refractivity contribution is 5.86. The molecule has 0 bridgehead atoms. The number of carbonyl (C=O) groups is 3. The number of phenols is 1. The number of hydrogen-bond donors (Lipinski definition) is 2. The molecule has 0 spiro atoms. The number of rotatable bonds is 22. The van der Waals surface area contributed by atoms with Crippen molar-refractivity contribution in [3.8, 4) is 11.5 Å². The smallest absolute Gasteiger partial charge is 0.146 e. The molecule has 0 heterocycles. The Hall–Kier alpha value is -4.03. The number of benzene rings is 3. The Labute approximate surface area is 337 Å². The van der Waals surface area contributed by atoms with Crippen LogP contribution in [0.2, 0.25) is 0 Å². The third kappa shape index (κ3) is 12.5. The molecule has 304 valence electrons. The van der Waals surface area contributed by atoms with Crippen molar-refractivity contribution in [3.05, 3.63) is 108 Å². The lowest BCUT2D eigenvalue weighted by atomic mass is 9.58. The van der Waals surface area contributed by atoms with Crippen molar-refractivity contribution in [2.45, 2.75) is 111 Å². The predicted molar refractivity (Wildman–Crippen MR) is 229 cm³/mol. The molecule has 3 aromatic rings. The molecule has 1 aliphatic rings. The molecule has 56 heavy (non-hydrogen) atoms. The van der Waals surface area contributed by atoms with Gasteiger partial charge in [-0.1, -0.05) is 108 Å². The maximum absolute atomic E-state index is 14.8. The lowest BCUT2D eigenvalue weighted by molar-refractivity contribution is -0.138. The van der Waals surface area contributed by atoms with Gasteiger partial charge in [0.1, 0.15) is 28.8 Å². The fraction of sp³-hybridized carbons (Fsp3) is 0.540. The van der Waals surface area contributed by atoms with Gasteiger partial charge in [-0.15, -0.1) is 6.58 Å². The van der Waals surface area contributed by atoms with Crippen LogP contribution in [0.1, 0.15) is 109 Å². The molecule has 4 rings (SSSR count). The fourth-order valence-electron chi connectivity index (χ4n) is 9.21. The number of Topliss-reactive ketones (excluding diaryl/α,β-unsaturated/α-hetero) is 3. The summed E-state index contributed by atoms with van der Waals surface area (Å²) < 4.78 is 5.96. The van der Waals surface area contributed by atoms with Crippen molar-refractivity contribution in [2.75, 3.05) is 20.2 Å². The maximum atomic E-state index is 14.8. The van der Waals surface area contributed by atoms with Crippen LogP contribution in [0.25, 0.3) is 0 Å². The van der Waals surface area contributed by atoms with Gasteiger partial charge in [0.05, 0.1) is 13.7 Å². The molecule has 6 heteroatoms. The highest BCUT2D eigenvalue weighted by Crippen LogP contribution is 2.47. The van der Waals surface area contributed by atoms with Crippen LogP contribution < -0.4 is 10.1 Å². The number of hydrogen-bond acceptors (Lipinski definition) is 6. The van der Waals surface area contributed by atoms with Crippen LogP contribution in [0.3, 0.4) is 0 Å². The van der Waals surface area contributed by atoms with Crippen molar-refractivity contribution in [1.82, 2.24) is 5.32 Å². The van der Waals surface area contributed by atoms with Crippen LogP contribution in [0.15, 0.2) is 85.5 Å². The van der Waals surface area contributed by atoms with Gasteiger partial charge in [0.2, 0.25) is 0 Å². The third-order valence-electron chi connectivity index (χ3n) is 12.6. The monoisotopic (exact) mass is 764 g/mol. The molecule has 1 aliphatic carbocycles. The van der Waals surface area contributed by atoms with Crippen molar-refractivity contribution in [2.24, 2.45) is 41.4 Å². The van der Waals surface area contributed by atoms with Crippen LogP contribution in [-0.4, -0.2) is 42.7 Å². The Balaban J connectivity index is 1.60. The highest BCUT2D eigenvalue weighted by atomic mass is 16.5. The Morgan fingerprint density at radius 3 is 2.30 bits per heavy atom. The molecule has 6 nitrogen and oxygen atoms in total. The van der Waals surface area contributed by atoms with Gasteiger partial charge in [0, 0.05) is 36.6 Å². The minimum Gasteiger partial charge on any atom is -0.508 e. The first-order chi connectivity index (χ1) is 26.7. The summed E-state index contributed by atoms with van der Waals surface area (Å²) in [5, 5.41) is 13.2. The zero-order valence-corrected chi connectivity index (χ0v) is 35.3. The predicted octanol–water partition coefficient (Wildman–Crippen LogP) is 10.3. The number of aromatic hydroxyl groups is 1. The average Bonchev–Trinajstić information content (AvgIpc) is 3.18. The average molecular weight is 764 g/mol. The van der Waals surface area contributed by atoms with E-state index in [2.05, 4.69) is 95.9 Å². The number of methoxy groups -OCH3 is 1. The summed E-state index contributed by atoms with van der Waals surface area (Å²) in [5.74, 6) is 1.25. The molecule has 0 amide bonds. The van der Waals surface area contributed by atoms with E-state index in [9.17, 15) is 19.5 Å². The summed E-state index contributed by atoms with van der Waals surface area (Å²) in [5.41, 5.74) is 4.58. The molecule has 3 aromatic carbocycles. The normalized spacial score (nSPS) is 20.2. The minimum atomic E-state index is -0.288. The number of nitrogens with one attached hydrogen (secondary N) is 1. The van der Waals surface area contributed by atoms with Gasteiger partial charge in [-0.2, -0.15) is 0 Å². The van der Waals surface area contributed by atoms with E-state index in [1.165, 1.54) is 11.1 Å². The molecule has 1 saturated carbocycles. The Bertz CT molecular complexity index is 1710. The van der Waals surface area contributed by atoms with Crippen LogP contribution in [0.5, 0.6) is 11.5 Å². The first-order valence-electron chi connectivity index (χ1n) is 21.1. The summed E-state index contributed by atoms with van der Waals surface area (Å²) in [6, 6.07) is 24.0. The zero-order chi connectivity index (χ0) is 40.8. The second kappa shape index (κ2) is 21.5. The van der Waals surface area contributed by atoms with Gasteiger partial charge in [-0.25, -0.2) is 0 Å². The number of aryl methyl sites for hydroxylation is 2. The van der Waals surface area contributed by atoms with E-state index in [0.717, 1.165) is 61.8 Å². The van der Waals surface area contributed by atoms with Crippen LogP contribution in [-0.2, 0) is 39.1 Å². The molecule has 0 saturated heterocycles. The second-order valence-corrected chi connectivity index (χ2v) is 17.6. The summed E-state index contributed by atoms with van der Waals surface area (Å²) in [7, 11) is 1.74. The van der Waals surface area contributed by atoms with E-state index in [1.807, 2.05) is 18.2 Å². The summed E-state index contributed by atoms with van der Waals surface area (Å²) in [6.45, 7) is 17.6. The molecular formula is C50H69NO5. The minimum absolute atomic E-state index is 0.0412. The summed E-state index contributed by atoms with van der Waals surface area (Å²) in [4.78, 5) is 42.1. The first kappa shape index (κ1) is 44.7. The molecule has 7 atom stereocenters. The molecule has 1 fully saturated rings. The van der Waals surface area contributed by atoms with Gasteiger partial charge < -0.3 is 15.2 Å². The van der Waals surface area contributed by atoms with E-state index in [4.69, 9.17) is 4.74 Å². The third-order valence-corrected chi connectivity index (χ3v) is 12.6. The topological polar surface area (TPSA) is 92.7 Å². The van der Waals surface area contributed by atoms with Crippen molar-refractivity contribution in [3.63, 3.8) is 0 Å². The highest BCUT2D eigenvalue weighted by Gasteiger charge is 2.46. The van der Waals surface area contributed by atoms with E-state index in [0.29, 0.717) is 31.6 Å². The van der Waals surface area contributed by atoms with E-state index >= 15 is 0 Å². The Morgan fingerprint density at radius 2 is 1.64 bits per heavy atom. The maximum Gasteiger partial charge on any atom is 0.146 e.